The summed E-state index contributed by atoms with van der Waals surface area (Å²) in [6.07, 6.45) is 1.38. The molecule has 186 valence electrons. The van der Waals surface area contributed by atoms with Gasteiger partial charge in [0.25, 0.3) is 11.8 Å². The van der Waals surface area contributed by atoms with Gasteiger partial charge in [-0.2, -0.15) is 5.26 Å². The van der Waals surface area contributed by atoms with E-state index in [1.54, 1.807) is 49.4 Å². The van der Waals surface area contributed by atoms with Crippen LogP contribution in [0.2, 0.25) is 5.02 Å². The summed E-state index contributed by atoms with van der Waals surface area (Å²) in [5.41, 5.74) is 2.51. The molecule has 0 atom stereocenters. The van der Waals surface area contributed by atoms with E-state index in [9.17, 15) is 19.6 Å². The minimum absolute atomic E-state index is 0.146. The minimum atomic E-state index is -0.861. The normalized spacial score (nSPS) is 14.4. The Morgan fingerprint density at radius 3 is 2.59 bits per heavy atom. The molecule has 0 saturated carbocycles. The third kappa shape index (κ3) is 5.45. The van der Waals surface area contributed by atoms with Gasteiger partial charge in [0.1, 0.15) is 12.2 Å². The number of hydrogen-bond donors (Lipinski definition) is 1. The largest absolute Gasteiger partial charge is 0.493 e. The zero-order chi connectivity index (χ0) is 26.7. The molecule has 3 aromatic rings. The van der Waals surface area contributed by atoms with Crippen LogP contribution in [0, 0.1) is 21.8 Å². The van der Waals surface area contributed by atoms with E-state index in [1.807, 2.05) is 6.07 Å². The SMILES string of the molecule is COc1cc(/C=C2/C(=O)NC(=O)N(c3ccc(C)c(Cl)c3)C2=O)cc(I)c1OCc1ccccc1C#N. The Labute approximate surface area is 231 Å². The Morgan fingerprint density at radius 1 is 1.14 bits per heavy atom. The number of nitrogens with one attached hydrogen (secondary N) is 1. The summed E-state index contributed by atoms with van der Waals surface area (Å²) in [7, 11) is 1.47. The van der Waals surface area contributed by atoms with Crippen molar-refractivity contribution in [2.75, 3.05) is 12.0 Å². The van der Waals surface area contributed by atoms with Crippen molar-refractivity contribution in [2.24, 2.45) is 0 Å². The van der Waals surface area contributed by atoms with E-state index in [0.29, 0.717) is 31.2 Å². The van der Waals surface area contributed by atoms with Crippen LogP contribution >= 0.6 is 34.2 Å². The van der Waals surface area contributed by atoms with E-state index in [0.717, 1.165) is 16.0 Å². The van der Waals surface area contributed by atoms with Gasteiger partial charge in [0.15, 0.2) is 11.5 Å². The molecule has 1 N–H and O–H groups in total. The lowest BCUT2D eigenvalue weighted by atomic mass is 10.1. The molecule has 3 aromatic carbocycles. The lowest BCUT2D eigenvalue weighted by Gasteiger charge is -2.26. The quantitative estimate of drug-likeness (QED) is 0.223. The van der Waals surface area contributed by atoms with E-state index < -0.39 is 17.8 Å². The number of amides is 4. The first kappa shape index (κ1) is 26.2. The molecule has 37 heavy (non-hydrogen) atoms. The molecular formula is C27H19ClIN3O5. The summed E-state index contributed by atoms with van der Waals surface area (Å²) < 4.78 is 12.1. The highest BCUT2D eigenvalue weighted by Crippen LogP contribution is 2.36. The standard InChI is InChI=1S/C27H19ClIN3O5/c1-15-7-8-19(12-21(15)28)32-26(34)20(25(33)31-27(32)35)9-16-10-22(29)24(23(11-16)36-2)37-14-18-6-4-3-5-17(18)13-30/h3-12H,14H2,1-2H3,(H,31,33,35)/b20-9-. The van der Waals surface area contributed by atoms with Gasteiger partial charge in [-0.3, -0.25) is 14.9 Å². The lowest BCUT2D eigenvalue weighted by Crippen LogP contribution is -2.54. The zero-order valence-corrected chi connectivity index (χ0v) is 22.6. The number of benzene rings is 3. The van der Waals surface area contributed by atoms with Gasteiger partial charge >= 0.3 is 6.03 Å². The van der Waals surface area contributed by atoms with Crippen LogP contribution in [0.5, 0.6) is 11.5 Å². The second kappa shape index (κ2) is 11.0. The topological polar surface area (TPSA) is 109 Å². The summed E-state index contributed by atoms with van der Waals surface area (Å²) in [6.45, 7) is 1.94. The minimum Gasteiger partial charge on any atom is -0.493 e. The maximum absolute atomic E-state index is 13.2. The Bertz CT molecular complexity index is 1510. The number of methoxy groups -OCH3 is 1. The summed E-state index contributed by atoms with van der Waals surface area (Å²) in [4.78, 5) is 39.2. The molecule has 1 heterocycles. The number of urea groups is 1. The number of anilines is 1. The molecule has 0 spiro atoms. The predicted molar refractivity (Wildman–Crippen MR) is 146 cm³/mol. The number of ether oxygens (including phenoxy) is 2. The average molecular weight is 628 g/mol. The van der Waals surface area contributed by atoms with Gasteiger partial charge in [-0.15, -0.1) is 0 Å². The maximum atomic E-state index is 13.2. The first-order valence-corrected chi connectivity index (χ1v) is 12.3. The van der Waals surface area contributed by atoms with E-state index in [4.69, 9.17) is 21.1 Å². The van der Waals surface area contributed by atoms with Gasteiger partial charge in [-0.25, -0.2) is 9.69 Å². The first-order chi connectivity index (χ1) is 17.7. The summed E-state index contributed by atoms with van der Waals surface area (Å²) in [5.74, 6) is -0.776. The van der Waals surface area contributed by atoms with Gasteiger partial charge in [0, 0.05) is 10.6 Å². The van der Waals surface area contributed by atoms with Crippen LogP contribution in [-0.4, -0.2) is 25.0 Å². The Kier molecular flexibility index (Phi) is 7.80. The third-order valence-corrected chi connectivity index (χ3v) is 6.80. The number of rotatable bonds is 6. The first-order valence-electron chi connectivity index (χ1n) is 10.9. The molecule has 1 fully saturated rings. The third-order valence-electron chi connectivity index (χ3n) is 5.59. The zero-order valence-electron chi connectivity index (χ0n) is 19.7. The number of carbonyl (C=O) groups is 3. The Hall–Kier alpha value is -3.88. The van der Waals surface area contributed by atoms with Crippen LogP contribution in [-0.2, 0) is 16.2 Å². The van der Waals surface area contributed by atoms with Crippen LogP contribution in [0.15, 0.2) is 60.2 Å². The van der Waals surface area contributed by atoms with Crippen LogP contribution in [0.1, 0.15) is 22.3 Å². The monoisotopic (exact) mass is 627 g/mol. The number of nitrogens with zero attached hydrogens (tertiary/aromatic N) is 2. The molecule has 1 aliphatic heterocycles. The van der Waals surface area contributed by atoms with Gasteiger partial charge in [-0.05, 0) is 77.0 Å². The highest BCUT2D eigenvalue weighted by molar-refractivity contribution is 14.1. The molecule has 4 rings (SSSR count). The number of imide groups is 2. The molecule has 10 heteroatoms. The predicted octanol–water partition coefficient (Wildman–Crippen LogP) is 5.38. The summed E-state index contributed by atoms with van der Waals surface area (Å²) >= 11 is 8.24. The van der Waals surface area contributed by atoms with Crippen LogP contribution < -0.4 is 19.7 Å². The van der Waals surface area contributed by atoms with Crippen molar-refractivity contribution < 1.29 is 23.9 Å². The van der Waals surface area contributed by atoms with Crippen LogP contribution in [0.4, 0.5) is 10.5 Å². The van der Waals surface area contributed by atoms with E-state index in [2.05, 4.69) is 34.0 Å². The molecule has 0 unspecified atom stereocenters. The van der Waals surface area contributed by atoms with Gasteiger partial charge in [0.2, 0.25) is 0 Å². The molecular weight excluding hydrogens is 609 g/mol. The van der Waals surface area contributed by atoms with E-state index in [1.165, 1.54) is 19.3 Å². The summed E-state index contributed by atoms with van der Waals surface area (Å²) in [5, 5.41) is 11.9. The molecule has 0 bridgehead atoms. The van der Waals surface area contributed by atoms with Crippen molar-refractivity contribution in [3.63, 3.8) is 0 Å². The Morgan fingerprint density at radius 2 is 1.89 bits per heavy atom. The van der Waals surface area contributed by atoms with Crippen molar-refractivity contribution in [2.45, 2.75) is 13.5 Å². The van der Waals surface area contributed by atoms with Crippen molar-refractivity contribution in [1.82, 2.24) is 5.32 Å². The average Bonchev–Trinajstić information content (AvgIpc) is 2.87. The van der Waals surface area contributed by atoms with Crippen LogP contribution in [0.3, 0.4) is 0 Å². The van der Waals surface area contributed by atoms with E-state index in [-0.39, 0.29) is 17.9 Å². The lowest BCUT2D eigenvalue weighted by molar-refractivity contribution is -0.122. The summed E-state index contributed by atoms with van der Waals surface area (Å²) in [6, 6.07) is 16.5. The van der Waals surface area contributed by atoms with Crippen molar-refractivity contribution >= 4 is 63.8 Å². The molecule has 1 saturated heterocycles. The fourth-order valence-electron chi connectivity index (χ4n) is 3.65. The smallest absolute Gasteiger partial charge is 0.335 e. The maximum Gasteiger partial charge on any atom is 0.335 e. The molecule has 0 aliphatic carbocycles. The molecule has 8 nitrogen and oxygen atoms in total. The number of halogens is 2. The number of aryl methyl sites for hydroxylation is 1. The molecule has 0 aromatic heterocycles. The molecule has 1 aliphatic rings. The van der Waals surface area contributed by atoms with Crippen LogP contribution in [0.25, 0.3) is 6.08 Å². The molecule has 4 amide bonds. The second-order valence-electron chi connectivity index (χ2n) is 7.98. The van der Waals surface area contributed by atoms with Crippen molar-refractivity contribution in [3.8, 4) is 17.6 Å². The number of carbonyl (C=O) groups excluding carboxylic acids is 3. The second-order valence-corrected chi connectivity index (χ2v) is 9.55. The van der Waals surface area contributed by atoms with Crippen molar-refractivity contribution in [3.05, 3.63) is 91.0 Å². The highest BCUT2D eigenvalue weighted by Gasteiger charge is 2.37. The van der Waals surface area contributed by atoms with Gasteiger partial charge in [0.05, 0.1) is 28.0 Å². The fourth-order valence-corrected chi connectivity index (χ4v) is 4.60. The Balaban J connectivity index is 1.66. The number of nitriles is 1. The fraction of sp³-hybridized carbons (Fsp3) is 0.111. The molecule has 0 radical (unpaired) electrons. The van der Waals surface area contributed by atoms with E-state index >= 15 is 0 Å². The number of hydrogen-bond acceptors (Lipinski definition) is 6. The number of barbiturate groups is 1. The van der Waals surface area contributed by atoms with Gasteiger partial charge < -0.3 is 9.47 Å². The highest BCUT2D eigenvalue weighted by atomic mass is 127. The van der Waals surface area contributed by atoms with Crippen molar-refractivity contribution in [1.29, 1.82) is 5.26 Å². The van der Waals surface area contributed by atoms with Gasteiger partial charge in [-0.1, -0.05) is 35.9 Å².